The van der Waals surface area contributed by atoms with Crippen LogP contribution >= 0.6 is 11.3 Å². The van der Waals surface area contributed by atoms with Crippen LogP contribution in [-0.2, 0) is 24.2 Å². The lowest BCUT2D eigenvalue weighted by Crippen LogP contribution is -2.42. The van der Waals surface area contributed by atoms with Crippen molar-refractivity contribution in [3.63, 3.8) is 0 Å². The third-order valence-corrected chi connectivity index (χ3v) is 5.92. The first-order valence-electron chi connectivity index (χ1n) is 8.01. The van der Waals surface area contributed by atoms with E-state index in [1.807, 2.05) is 4.90 Å². The molecule has 4 rings (SSSR count). The monoisotopic (exact) mass is 317 g/mol. The fraction of sp³-hybridized carbons (Fsp3) is 0.562. The molecule has 22 heavy (non-hydrogen) atoms. The first-order chi connectivity index (χ1) is 10.7. The Hall–Kier alpha value is -1.69. The quantitative estimate of drug-likeness (QED) is 0.869. The molecular formula is C16H19N3O2S. The predicted molar refractivity (Wildman–Crippen MR) is 86.3 cm³/mol. The van der Waals surface area contributed by atoms with Crippen LogP contribution in [0.2, 0.25) is 0 Å². The van der Waals surface area contributed by atoms with E-state index in [1.54, 1.807) is 22.2 Å². The molecule has 116 valence electrons. The van der Waals surface area contributed by atoms with Gasteiger partial charge in [0, 0.05) is 30.9 Å². The van der Waals surface area contributed by atoms with Gasteiger partial charge in [-0.3, -0.25) is 14.2 Å². The van der Waals surface area contributed by atoms with E-state index in [4.69, 9.17) is 0 Å². The Morgan fingerprint density at radius 3 is 2.82 bits per heavy atom. The lowest BCUT2D eigenvalue weighted by molar-refractivity contribution is -0.134. The summed E-state index contributed by atoms with van der Waals surface area (Å²) in [6.07, 6.45) is 7.51. The summed E-state index contributed by atoms with van der Waals surface area (Å²) < 4.78 is 1.61. The summed E-state index contributed by atoms with van der Waals surface area (Å²) in [5.74, 6) is 0.144. The minimum atomic E-state index is 0.0285. The zero-order chi connectivity index (χ0) is 15.1. The number of carbonyl (C=O) groups is 1. The van der Waals surface area contributed by atoms with Gasteiger partial charge in [-0.25, -0.2) is 4.98 Å². The smallest absolute Gasteiger partial charge is 0.262 e. The summed E-state index contributed by atoms with van der Waals surface area (Å²) in [5, 5.41) is 0.804. The highest BCUT2D eigenvalue weighted by Crippen LogP contribution is 2.33. The Morgan fingerprint density at radius 1 is 1.23 bits per heavy atom. The highest BCUT2D eigenvalue weighted by molar-refractivity contribution is 7.18. The van der Waals surface area contributed by atoms with Gasteiger partial charge in [-0.1, -0.05) is 0 Å². The Kier molecular flexibility index (Phi) is 3.48. The van der Waals surface area contributed by atoms with Crippen LogP contribution in [0.4, 0.5) is 0 Å². The minimum Gasteiger partial charge on any atom is -0.343 e. The number of likely N-dealkylation sites (tertiary alicyclic amines) is 1. The average molecular weight is 317 g/mol. The van der Waals surface area contributed by atoms with E-state index >= 15 is 0 Å². The molecule has 2 aromatic heterocycles. The van der Waals surface area contributed by atoms with Crippen molar-refractivity contribution in [2.24, 2.45) is 0 Å². The van der Waals surface area contributed by atoms with Gasteiger partial charge in [0.1, 0.15) is 4.83 Å². The van der Waals surface area contributed by atoms with E-state index in [9.17, 15) is 9.59 Å². The molecule has 1 saturated heterocycles. The largest absolute Gasteiger partial charge is 0.343 e. The van der Waals surface area contributed by atoms with Crippen molar-refractivity contribution in [2.75, 3.05) is 13.1 Å². The van der Waals surface area contributed by atoms with Gasteiger partial charge in [0.05, 0.1) is 11.7 Å². The molecule has 1 amide bonds. The molecule has 0 spiro atoms. The van der Waals surface area contributed by atoms with Crippen molar-refractivity contribution in [1.29, 1.82) is 0 Å². The molecule has 0 radical (unpaired) electrons. The van der Waals surface area contributed by atoms with Gasteiger partial charge >= 0.3 is 0 Å². The average Bonchev–Trinajstić information content (AvgIpc) is 2.84. The number of carbonyl (C=O) groups excluding carboxylic acids is 1. The van der Waals surface area contributed by atoms with Crippen LogP contribution in [0.5, 0.6) is 0 Å². The fourth-order valence-electron chi connectivity index (χ4n) is 3.28. The summed E-state index contributed by atoms with van der Waals surface area (Å²) in [5.41, 5.74) is 1.24. The third kappa shape index (κ3) is 2.26. The lowest BCUT2D eigenvalue weighted by atomic mass is 9.97. The van der Waals surface area contributed by atoms with Crippen LogP contribution in [0.25, 0.3) is 10.2 Å². The second-order valence-corrected chi connectivity index (χ2v) is 7.20. The number of amides is 1. The molecule has 3 heterocycles. The zero-order valence-corrected chi connectivity index (χ0v) is 13.3. The van der Waals surface area contributed by atoms with Gasteiger partial charge in [-0.2, -0.15) is 0 Å². The van der Waals surface area contributed by atoms with Crippen molar-refractivity contribution >= 4 is 27.5 Å². The first kappa shape index (κ1) is 13.9. The van der Waals surface area contributed by atoms with Crippen molar-refractivity contribution in [1.82, 2.24) is 14.5 Å². The maximum Gasteiger partial charge on any atom is 0.262 e. The van der Waals surface area contributed by atoms with Gasteiger partial charge < -0.3 is 4.90 Å². The second-order valence-electron chi connectivity index (χ2n) is 6.12. The molecule has 0 N–H and O–H groups in total. The van der Waals surface area contributed by atoms with Crippen LogP contribution in [0.3, 0.4) is 0 Å². The van der Waals surface area contributed by atoms with Crippen LogP contribution in [0, 0.1) is 0 Å². The molecule has 6 heteroatoms. The zero-order valence-electron chi connectivity index (χ0n) is 12.5. The Morgan fingerprint density at radius 2 is 2.05 bits per heavy atom. The second kappa shape index (κ2) is 5.50. The first-order valence-corrected chi connectivity index (χ1v) is 8.83. The number of nitrogens with zero attached hydrogens (tertiary/aromatic N) is 3. The van der Waals surface area contributed by atoms with Gasteiger partial charge in [-0.05, 0) is 37.7 Å². The Balaban J connectivity index is 1.62. The highest BCUT2D eigenvalue weighted by Gasteiger charge is 2.22. The maximum atomic E-state index is 12.7. The maximum absolute atomic E-state index is 12.7. The summed E-state index contributed by atoms with van der Waals surface area (Å²) in [6.45, 7) is 2.16. The molecule has 1 aliphatic carbocycles. The van der Waals surface area contributed by atoms with E-state index in [2.05, 4.69) is 4.98 Å². The van der Waals surface area contributed by atoms with Crippen LogP contribution in [0.1, 0.15) is 36.1 Å². The Labute approximate surface area is 132 Å². The molecule has 0 atom stereocenters. The summed E-state index contributed by atoms with van der Waals surface area (Å²) >= 11 is 1.67. The van der Waals surface area contributed by atoms with E-state index in [0.717, 1.165) is 49.0 Å². The van der Waals surface area contributed by atoms with Crippen molar-refractivity contribution < 1.29 is 4.79 Å². The molecule has 0 aromatic carbocycles. The number of fused-ring (bicyclic) bond motifs is 3. The SMILES string of the molecule is O=C(CCn1cnc2sc3c(c2c1=O)CCCC3)N1CCC1. The number of thiophene rings is 1. The van der Waals surface area contributed by atoms with Gasteiger partial charge in [-0.15, -0.1) is 11.3 Å². The number of aromatic nitrogens is 2. The lowest BCUT2D eigenvalue weighted by Gasteiger charge is -2.30. The predicted octanol–water partition coefficient (Wildman–Crippen LogP) is 1.96. The van der Waals surface area contributed by atoms with Crippen LogP contribution in [0.15, 0.2) is 11.1 Å². The summed E-state index contributed by atoms with van der Waals surface area (Å²) in [6, 6.07) is 0. The molecule has 2 aromatic rings. The number of hydrogen-bond donors (Lipinski definition) is 0. The van der Waals surface area contributed by atoms with Gasteiger partial charge in [0.2, 0.25) is 5.91 Å². The van der Waals surface area contributed by atoms with Crippen LogP contribution in [-0.4, -0.2) is 33.4 Å². The Bertz CT molecular complexity index is 789. The fourth-order valence-corrected chi connectivity index (χ4v) is 4.50. The topological polar surface area (TPSA) is 55.2 Å². The van der Waals surface area contributed by atoms with E-state index < -0.39 is 0 Å². The number of aryl methyl sites for hydroxylation is 3. The molecule has 0 saturated carbocycles. The molecule has 2 aliphatic rings. The van der Waals surface area contributed by atoms with Crippen molar-refractivity contribution in [3.8, 4) is 0 Å². The highest BCUT2D eigenvalue weighted by atomic mass is 32.1. The molecule has 1 fully saturated rings. The number of rotatable bonds is 3. The van der Waals surface area contributed by atoms with E-state index in [0.29, 0.717) is 13.0 Å². The molecular weight excluding hydrogens is 298 g/mol. The van der Waals surface area contributed by atoms with Gasteiger partial charge in [0.25, 0.3) is 5.56 Å². The van der Waals surface area contributed by atoms with Crippen molar-refractivity contribution in [2.45, 2.75) is 45.1 Å². The molecule has 0 bridgehead atoms. The van der Waals surface area contributed by atoms with E-state index in [-0.39, 0.29) is 11.5 Å². The van der Waals surface area contributed by atoms with Crippen molar-refractivity contribution in [3.05, 3.63) is 27.1 Å². The summed E-state index contributed by atoms with van der Waals surface area (Å²) in [4.78, 5) is 33.2. The molecule has 1 aliphatic heterocycles. The third-order valence-electron chi connectivity index (χ3n) is 4.72. The number of hydrogen-bond acceptors (Lipinski definition) is 4. The molecule has 0 unspecified atom stereocenters. The minimum absolute atomic E-state index is 0.0285. The van der Waals surface area contributed by atoms with Crippen LogP contribution < -0.4 is 5.56 Å². The van der Waals surface area contributed by atoms with Gasteiger partial charge in [0.15, 0.2) is 0 Å². The summed E-state index contributed by atoms with van der Waals surface area (Å²) in [7, 11) is 0. The standard InChI is InChI=1S/C16H19N3O2S/c20-13(18-7-3-8-18)6-9-19-10-17-15-14(16(19)21)11-4-1-2-5-12(11)22-15/h10H,1-9H2. The molecule has 5 nitrogen and oxygen atoms in total. The normalized spacial score (nSPS) is 17.4. The van der Waals surface area contributed by atoms with E-state index in [1.165, 1.54) is 16.9 Å².